The molecule has 0 aliphatic heterocycles. The van der Waals surface area contributed by atoms with Gasteiger partial charge in [-0.25, -0.2) is 5.10 Å². The lowest BCUT2D eigenvalue weighted by atomic mass is 10.2. The van der Waals surface area contributed by atoms with Gasteiger partial charge in [0, 0.05) is 5.56 Å². The minimum absolute atomic E-state index is 0.0860. The van der Waals surface area contributed by atoms with E-state index in [1.54, 1.807) is 31.5 Å². The zero-order chi connectivity index (χ0) is 18.5. The molecule has 134 valence electrons. The van der Waals surface area contributed by atoms with Gasteiger partial charge in [0.25, 0.3) is 0 Å². The summed E-state index contributed by atoms with van der Waals surface area (Å²) in [4.78, 5) is 0. The third-order valence-corrected chi connectivity index (χ3v) is 3.87. The summed E-state index contributed by atoms with van der Waals surface area (Å²) in [6, 6.07) is 12.4. The van der Waals surface area contributed by atoms with E-state index in [0.717, 1.165) is 16.9 Å². The van der Waals surface area contributed by atoms with E-state index < -0.39 is 0 Å². The van der Waals surface area contributed by atoms with Crippen molar-refractivity contribution in [3.05, 3.63) is 52.8 Å². The monoisotopic (exact) mass is 370 g/mol. The van der Waals surface area contributed by atoms with Crippen molar-refractivity contribution in [2.45, 2.75) is 6.92 Å². The van der Waals surface area contributed by atoms with Crippen molar-refractivity contribution in [1.82, 2.24) is 14.9 Å². The molecular formula is C18H18N4O3S. The Morgan fingerprint density at radius 2 is 2.04 bits per heavy atom. The molecule has 0 fully saturated rings. The van der Waals surface area contributed by atoms with E-state index in [1.807, 2.05) is 31.2 Å². The molecule has 7 nitrogen and oxygen atoms in total. The van der Waals surface area contributed by atoms with Crippen LogP contribution in [0.25, 0.3) is 11.4 Å². The lowest BCUT2D eigenvalue weighted by Crippen LogP contribution is -1.96. The molecule has 1 aromatic heterocycles. The van der Waals surface area contributed by atoms with Crippen LogP contribution in [0.2, 0.25) is 0 Å². The number of phenols is 1. The van der Waals surface area contributed by atoms with Crippen molar-refractivity contribution in [2.24, 2.45) is 5.10 Å². The Bertz CT molecular complexity index is 977. The van der Waals surface area contributed by atoms with Gasteiger partial charge in [-0.2, -0.15) is 14.9 Å². The van der Waals surface area contributed by atoms with Crippen LogP contribution in [0.4, 0.5) is 0 Å². The van der Waals surface area contributed by atoms with Crippen molar-refractivity contribution in [3.8, 4) is 28.6 Å². The van der Waals surface area contributed by atoms with E-state index in [2.05, 4.69) is 15.3 Å². The number of phenolic OH excluding ortho intramolecular Hbond substituents is 1. The minimum Gasteiger partial charge on any atom is -0.504 e. The standard InChI is InChI=1S/C18H18N4O3S/c1-3-25-16-10-12(4-9-15(16)23)11-19-22-17(20-21-18(22)26)13-5-7-14(24-2)8-6-13/h4-11,23H,3H2,1-2H3,(H,21,26)/b19-11+. The third kappa shape index (κ3) is 3.75. The zero-order valence-electron chi connectivity index (χ0n) is 14.3. The Morgan fingerprint density at radius 3 is 2.73 bits per heavy atom. The highest BCUT2D eigenvalue weighted by molar-refractivity contribution is 7.71. The van der Waals surface area contributed by atoms with E-state index >= 15 is 0 Å². The Kier molecular flexibility index (Phi) is 5.33. The van der Waals surface area contributed by atoms with E-state index in [9.17, 15) is 5.11 Å². The fourth-order valence-electron chi connectivity index (χ4n) is 2.33. The van der Waals surface area contributed by atoms with Crippen molar-refractivity contribution in [1.29, 1.82) is 0 Å². The number of aromatic nitrogens is 3. The van der Waals surface area contributed by atoms with Gasteiger partial charge in [0.1, 0.15) is 5.75 Å². The topological polar surface area (TPSA) is 84.7 Å². The maximum absolute atomic E-state index is 9.78. The molecule has 2 aromatic carbocycles. The molecule has 0 spiro atoms. The summed E-state index contributed by atoms with van der Waals surface area (Å²) in [5.41, 5.74) is 1.60. The molecule has 0 unspecified atom stereocenters. The Morgan fingerprint density at radius 1 is 1.27 bits per heavy atom. The van der Waals surface area contributed by atoms with Crippen molar-refractivity contribution in [2.75, 3.05) is 13.7 Å². The molecule has 0 aliphatic rings. The number of hydrogen-bond donors (Lipinski definition) is 2. The zero-order valence-corrected chi connectivity index (χ0v) is 15.2. The fourth-order valence-corrected chi connectivity index (χ4v) is 2.51. The number of nitrogens with one attached hydrogen (secondary N) is 1. The molecule has 0 aliphatic carbocycles. The van der Waals surface area contributed by atoms with Crippen LogP contribution in [-0.4, -0.2) is 39.9 Å². The molecule has 8 heteroatoms. The van der Waals surface area contributed by atoms with Gasteiger partial charge in [0.15, 0.2) is 17.3 Å². The Balaban J connectivity index is 1.93. The maximum atomic E-state index is 9.78. The normalized spacial score (nSPS) is 11.0. The van der Waals surface area contributed by atoms with Crippen molar-refractivity contribution >= 4 is 18.4 Å². The number of ether oxygens (including phenoxy) is 2. The molecule has 26 heavy (non-hydrogen) atoms. The van der Waals surface area contributed by atoms with Crippen LogP contribution in [0.15, 0.2) is 47.6 Å². The second-order valence-corrected chi connectivity index (χ2v) is 5.68. The lowest BCUT2D eigenvalue weighted by molar-refractivity contribution is 0.318. The molecule has 3 aromatic rings. The molecular weight excluding hydrogens is 352 g/mol. The van der Waals surface area contributed by atoms with Crippen LogP contribution >= 0.6 is 12.2 Å². The molecule has 0 saturated carbocycles. The van der Waals surface area contributed by atoms with Gasteiger partial charge in [-0.1, -0.05) is 0 Å². The largest absolute Gasteiger partial charge is 0.504 e. The predicted octanol–water partition coefficient (Wildman–Crippen LogP) is 3.60. The highest BCUT2D eigenvalue weighted by atomic mass is 32.1. The predicted molar refractivity (Wildman–Crippen MR) is 102 cm³/mol. The average Bonchev–Trinajstić information content (AvgIpc) is 3.03. The number of H-pyrrole nitrogens is 1. The number of rotatable bonds is 6. The molecule has 1 heterocycles. The third-order valence-electron chi connectivity index (χ3n) is 3.60. The van der Waals surface area contributed by atoms with E-state index in [4.69, 9.17) is 21.7 Å². The average molecular weight is 370 g/mol. The number of nitrogens with zero attached hydrogens (tertiary/aromatic N) is 3. The van der Waals surface area contributed by atoms with Gasteiger partial charge in [-0.3, -0.25) is 0 Å². The van der Waals surface area contributed by atoms with Gasteiger partial charge in [0.2, 0.25) is 4.77 Å². The first-order valence-corrected chi connectivity index (χ1v) is 8.35. The summed E-state index contributed by atoms with van der Waals surface area (Å²) in [5, 5.41) is 21.2. The summed E-state index contributed by atoms with van der Waals surface area (Å²) >= 11 is 5.27. The molecule has 0 radical (unpaired) electrons. The van der Waals surface area contributed by atoms with Crippen LogP contribution in [0, 0.1) is 4.77 Å². The van der Waals surface area contributed by atoms with Crippen LogP contribution in [0.5, 0.6) is 17.2 Å². The molecule has 0 bridgehead atoms. The van der Waals surface area contributed by atoms with Crippen LogP contribution in [-0.2, 0) is 0 Å². The van der Waals surface area contributed by atoms with Crippen LogP contribution < -0.4 is 9.47 Å². The van der Waals surface area contributed by atoms with Gasteiger partial charge in [0.05, 0.1) is 19.9 Å². The second kappa shape index (κ2) is 7.83. The van der Waals surface area contributed by atoms with Gasteiger partial charge < -0.3 is 14.6 Å². The first-order valence-electron chi connectivity index (χ1n) is 7.94. The van der Waals surface area contributed by atoms with E-state index in [0.29, 0.717) is 23.0 Å². The molecule has 2 N–H and O–H groups in total. The first-order chi connectivity index (χ1) is 12.6. The lowest BCUT2D eigenvalue weighted by Gasteiger charge is -2.06. The molecule has 0 atom stereocenters. The van der Waals surface area contributed by atoms with Gasteiger partial charge in [-0.15, -0.1) is 0 Å². The van der Waals surface area contributed by atoms with Crippen molar-refractivity contribution < 1.29 is 14.6 Å². The summed E-state index contributed by atoms with van der Waals surface area (Å²) in [6.07, 6.45) is 1.63. The van der Waals surface area contributed by atoms with Gasteiger partial charge in [-0.05, 0) is 67.2 Å². The summed E-state index contributed by atoms with van der Waals surface area (Å²) in [5.74, 6) is 1.83. The van der Waals surface area contributed by atoms with Gasteiger partial charge >= 0.3 is 0 Å². The van der Waals surface area contributed by atoms with Crippen LogP contribution in [0.1, 0.15) is 12.5 Å². The smallest absolute Gasteiger partial charge is 0.216 e. The number of benzene rings is 2. The van der Waals surface area contributed by atoms with E-state index in [-0.39, 0.29) is 5.75 Å². The molecule has 0 amide bonds. The van der Waals surface area contributed by atoms with Crippen molar-refractivity contribution in [3.63, 3.8) is 0 Å². The number of hydrogen-bond acceptors (Lipinski definition) is 6. The number of methoxy groups -OCH3 is 1. The molecule has 0 saturated heterocycles. The maximum Gasteiger partial charge on any atom is 0.216 e. The first kappa shape index (κ1) is 17.7. The number of aromatic amines is 1. The number of aromatic hydroxyl groups is 1. The minimum atomic E-state index is 0.0860. The SMILES string of the molecule is CCOc1cc(/C=N/n2c(-c3ccc(OC)cc3)n[nH]c2=S)ccc1O. The Labute approximate surface area is 155 Å². The second-order valence-electron chi connectivity index (χ2n) is 5.30. The molecule has 3 rings (SSSR count). The Hall–Kier alpha value is -3.13. The quantitative estimate of drug-likeness (QED) is 0.511. The summed E-state index contributed by atoms with van der Waals surface area (Å²) in [7, 11) is 1.61. The summed E-state index contributed by atoms with van der Waals surface area (Å²) < 4.78 is 12.5. The van der Waals surface area contributed by atoms with Crippen LogP contribution in [0.3, 0.4) is 0 Å². The highest BCUT2D eigenvalue weighted by Crippen LogP contribution is 2.26. The fraction of sp³-hybridized carbons (Fsp3) is 0.167. The summed E-state index contributed by atoms with van der Waals surface area (Å²) in [6.45, 7) is 2.31. The van der Waals surface area contributed by atoms with E-state index in [1.165, 1.54) is 4.68 Å². The highest BCUT2D eigenvalue weighted by Gasteiger charge is 2.08.